The van der Waals surface area contributed by atoms with E-state index in [4.69, 9.17) is 53.2 Å². The highest BCUT2D eigenvalue weighted by molar-refractivity contribution is 5.97. The van der Waals surface area contributed by atoms with Crippen LogP contribution in [-0.2, 0) is 25.5 Å². The average Bonchev–Trinajstić information content (AvgIpc) is 2.94. The third-order valence-corrected chi connectivity index (χ3v) is 5.25. The molecule has 0 atom stereocenters. The van der Waals surface area contributed by atoms with Gasteiger partial charge in [0.15, 0.2) is 11.5 Å². The molecule has 0 saturated carbocycles. The standard InChI is InChI=1S/C29H37NO7.2CH2O2/c1-8-22-12-20-15-27(34-10-11-35-29(31)33-9-2)26(32-7)17-25(20)28(30-22)21-13-23(36-18(3)4)16-24(14-21)37-19(5)6;2*2-1-3/h12-19H,8-11H2,1-7H3;2*1H,(H,2,3). The molecule has 3 aromatic rings. The van der Waals surface area contributed by atoms with Gasteiger partial charge in [-0.25, -0.2) is 4.79 Å². The molecule has 12 nitrogen and oxygen atoms in total. The summed E-state index contributed by atoms with van der Waals surface area (Å²) in [4.78, 5) is 33.1. The molecule has 0 aliphatic carbocycles. The molecule has 0 aliphatic rings. The predicted octanol–water partition coefficient (Wildman–Crippen LogP) is 6.00. The van der Waals surface area contributed by atoms with Gasteiger partial charge in [0, 0.05) is 22.7 Å². The van der Waals surface area contributed by atoms with Crippen molar-refractivity contribution in [2.24, 2.45) is 0 Å². The number of aryl methyl sites for hydroxylation is 1. The molecule has 1 aromatic heterocycles. The summed E-state index contributed by atoms with van der Waals surface area (Å²) in [6, 6.07) is 11.7. The SMILES string of the molecule is CCOC(=O)OCCOc1cc2cc(CC)nc(-c3cc(OC(C)C)cc(OC(C)C)c3)c2cc1OC.O=CO.O=CO. The van der Waals surface area contributed by atoms with E-state index in [2.05, 4.69) is 6.92 Å². The zero-order valence-corrected chi connectivity index (χ0v) is 25.6. The van der Waals surface area contributed by atoms with Crippen molar-refractivity contribution >= 4 is 29.9 Å². The second-order valence-electron chi connectivity index (χ2n) is 9.16. The number of ether oxygens (including phenoxy) is 6. The molecule has 1 heterocycles. The monoisotopic (exact) mass is 603 g/mol. The van der Waals surface area contributed by atoms with E-state index in [1.54, 1.807) is 14.0 Å². The molecule has 0 unspecified atom stereocenters. The van der Waals surface area contributed by atoms with Crippen LogP contribution in [0.15, 0.2) is 36.4 Å². The van der Waals surface area contributed by atoms with E-state index in [0.29, 0.717) is 23.0 Å². The molecule has 12 heteroatoms. The van der Waals surface area contributed by atoms with Gasteiger partial charge in [0.25, 0.3) is 12.9 Å². The van der Waals surface area contributed by atoms with Gasteiger partial charge in [0.05, 0.1) is 31.6 Å². The number of methoxy groups -OCH3 is 1. The van der Waals surface area contributed by atoms with Crippen molar-refractivity contribution in [2.75, 3.05) is 26.9 Å². The van der Waals surface area contributed by atoms with Crippen LogP contribution in [0.25, 0.3) is 22.0 Å². The largest absolute Gasteiger partial charge is 0.508 e. The van der Waals surface area contributed by atoms with Crippen molar-refractivity contribution in [3.63, 3.8) is 0 Å². The highest BCUT2D eigenvalue weighted by atomic mass is 16.7. The molecule has 3 rings (SSSR count). The van der Waals surface area contributed by atoms with Crippen LogP contribution in [0.2, 0.25) is 0 Å². The van der Waals surface area contributed by atoms with Crippen LogP contribution in [0, 0.1) is 0 Å². The number of carbonyl (C=O) groups excluding carboxylic acids is 1. The maximum atomic E-state index is 11.4. The molecule has 2 N–H and O–H groups in total. The first kappa shape index (κ1) is 36.3. The van der Waals surface area contributed by atoms with Crippen molar-refractivity contribution in [2.45, 2.75) is 60.2 Å². The normalized spacial score (nSPS) is 10.1. The number of aromatic nitrogens is 1. The summed E-state index contributed by atoms with van der Waals surface area (Å²) in [6.07, 6.45) is 0.0723. The van der Waals surface area contributed by atoms with E-state index in [-0.39, 0.29) is 45.0 Å². The fourth-order valence-electron chi connectivity index (χ4n) is 3.81. The lowest BCUT2D eigenvalue weighted by atomic mass is 10.0. The Morgan fingerprint density at radius 1 is 0.837 bits per heavy atom. The van der Waals surface area contributed by atoms with Crippen LogP contribution in [0.1, 0.15) is 47.2 Å². The summed E-state index contributed by atoms with van der Waals surface area (Å²) in [5.41, 5.74) is 2.62. The highest BCUT2D eigenvalue weighted by Crippen LogP contribution is 2.39. The minimum atomic E-state index is -0.718. The molecule has 0 amide bonds. The Hall–Kier alpha value is -4.74. The van der Waals surface area contributed by atoms with E-state index in [9.17, 15) is 4.79 Å². The lowest BCUT2D eigenvalue weighted by Crippen LogP contribution is -2.13. The molecule has 0 radical (unpaired) electrons. The number of fused-ring (bicyclic) bond motifs is 1. The minimum Gasteiger partial charge on any atom is -0.493 e. The van der Waals surface area contributed by atoms with E-state index in [0.717, 1.165) is 34.1 Å². The lowest BCUT2D eigenvalue weighted by Gasteiger charge is -2.18. The Morgan fingerprint density at radius 2 is 1.42 bits per heavy atom. The summed E-state index contributed by atoms with van der Waals surface area (Å²) >= 11 is 0. The second kappa shape index (κ2) is 19.4. The first-order chi connectivity index (χ1) is 20.6. The fourth-order valence-corrected chi connectivity index (χ4v) is 3.81. The maximum Gasteiger partial charge on any atom is 0.508 e. The Bertz CT molecular complexity index is 1270. The van der Waals surface area contributed by atoms with Crippen molar-refractivity contribution in [3.8, 4) is 34.3 Å². The van der Waals surface area contributed by atoms with Gasteiger partial charge in [-0.15, -0.1) is 0 Å². The maximum absolute atomic E-state index is 11.4. The highest BCUT2D eigenvalue weighted by Gasteiger charge is 2.16. The summed E-state index contributed by atoms with van der Waals surface area (Å²) in [6.45, 7) is 11.7. The quantitative estimate of drug-likeness (QED) is 0.141. The van der Waals surface area contributed by atoms with Gasteiger partial charge in [-0.2, -0.15) is 0 Å². The van der Waals surface area contributed by atoms with Gasteiger partial charge in [0.1, 0.15) is 24.7 Å². The molecule has 0 bridgehead atoms. The molecule has 0 aliphatic heterocycles. The molecule has 236 valence electrons. The molecule has 0 fully saturated rings. The van der Waals surface area contributed by atoms with Crippen LogP contribution in [0.5, 0.6) is 23.0 Å². The predicted molar refractivity (Wildman–Crippen MR) is 160 cm³/mol. The Labute approximate surface area is 251 Å². The molecule has 2 aromatic carbocycles. The Balaban J connectivity index is 0.00000142. The Kier molecular flexibility index (Phi) is 16.4. The van der Waals surface area contributed by atoms with Gasteiger partial charge >= 0.3 is 6.16 Å². The topological polar surface area (TPSA) is 160 Å². The van der Waals surface area contributed by atoms with E-state index >= 15 is 0 Å². The van der Waals surface area contributed by atoms with Crippen LogP contribution < -0.4 is 18.9 Å². The number of nitrogens with zero attached hydrogens (tertiary/aromatic N) is 1. The molecule has 0 saturated heterocycles. The lowest BCUT2D eigenvalue weighted by molar-refractivity contribution is -0.123. The average molecular weight is 604 g/mol. The number of benzene rings is 2. The van der Waals surface area contributed by atoms with Crippen LogP contribution >= 0.6 is 0 Å². The number of carboxylic acid groups (broad SMARTS) is 2. The minimum absolute atomic E-state index is 0.0152. The van der Waals surface area contributed by atoms with Gasteiger partial charge < -0.3 is 38.6 Å². The first-order valence-corrected chi connectivity index (χ1v) is 13.7. The van der Waals surface area contributed by atoms with Crippen LogP contribution in [-0.4, -0.2) is 73.4 Å². The van der Waals surface area contributed by atoms with Gasteiger partial charge in [-0.1, -0.05) is 6.92 Å². The number of carbonyl (C=O) groups is 3. The zero-order chi connectivity index (χ0) is 32.4. The zero-order valence-electron chi connectivity index (χ0n) is 25.6. The number of hydrogen-bond donors (Lipinski definition) is 2. The second-order valence-corrected chi connectivity index (χ2v) is 9.16. The summed E-state index contributed by atoms with van der Waals surface area (Å²) in [7, 11) is 1.59. The smallest absolute Gasteiger partial charge is 0.493 e. The number of rotatable bonds is 12. The molecular weight excluding hydrogens is 562 g/mol. The Morgan fingerprint density at radius 3 is 1.91 bits per heavy atom. The summed E-state index contributed by atoms with van der Waals surface area (Å²) in [5, 5.41) is 15.6. The van der Waals surface area contributed by atoms with Gasteiger partial charge in [-0.3, -0.25) is 14.6 Å². The fraction of sp³-hybridized carbons (Fsp3) is 0.419. The number of hydrogen-bond acceptors (Lipinski definition) is 10. The molecular formula is C31H41NO11. The van der Waals surface area contributed by atoms with E-state index < -0.39 is 6.16 Å². The third kappa shape index (κ3) is 12.3. The van der Waals surface area contributed by atoms with Crippen molar-refractivity contribution < 1.29 is 53.0 Å². The molecule has 43 heavy (non-hydrogen) atoms. The van der Waals surface area contributed by atoms with Crippen molar-refractivity contribution in [1.29, 1.82) is 0 Å². The van der Waals surface area contributed by atoms with Crippen LogP contribution in [0.3, 0.4) is 0 Å². The first-order valence-electron chi connectivity index (χ1n) is 13.7. The van der Waals surface area contributed by atoms with E-state index in [1.807, 2.05) is 64.1 Å². The van der Waals surface area contributed by atoms with E-state index in [1.165, 1.54) is 0 Å². The van der Waals surface area contributed by atoms with Crippen LogP contribution in [0.4, 0.5) is 4.79 Å². The van der Waals surface area contributed by atoms with Crippen molar-refractivity contribution in [3.05, 3.63) is 42.1 Å². The van der Waals surface area contributed by atoms with Gasteiger partial charge in [-0.05, 0) is 76.8 Å². The summed E-state index contributed by atoms with van der Waals surface area (Å²) in [5.74, 6) is 2.52. The summed E-state index contributed by atoms with van der Waals surface area (Å²) < 4.78 is 33.3. The van der Waals surface area contributed by atoms with Crippen molar-refractivity contribution in [1.82, 2.24) is 4.98 Å². The number of pyridine rings is 1. The molecule has 0 spiro atoms. The third-order valence-electron chi connectivity index (χ3n) is 5.25. The van der Waals surface area contributed by atoms with Gasteiger partial charge in [0.2, 0.25) is 0 Å².